The van der Waals surface area contributed by atoms with E-state index in [1.807, 2.05) is 17.5 Å². The number of thiophene rings is 1. The zero-order chi connectivity index (χ0) is 13.0. The molecule has 0 aliphatic rings. The van der Waals surface area contributed by atoms with Crippen molar-refractivity contribution in [3.63, 3.8) is 0 Å². The lowest BCUT2D eigenvalue weighted by Gasteiger charge is -2.12. The van der Waals surface area contributed by atoms with Crippen LogP contribution in [0.2, 0.25) is 0 Å². The Bertz CT molecular complexity index is 494. The van der Waals surface area contributed by atoms with E-state index in [1.165, 1.54) is 6.07 Å². The third-order valence-corrected chi connectivity index (χ3v) is 3.83. The molecule has 0 saturated carbocycles. The lowest BCUT2D eigenvalue weighted by atomic mass is 10.3. The Morgan fingerprint density at radius 2 is 1.89 bits per heavy atom. The van der Waals surface area contributed by atoms with Gasteiger partial charge in [-0.25, -0.2) is 0 Å². The summed E-state index contributed by atoms with van der Waals surface area (Å²) in [4.78, 5) is 1.28. The minimum absolute atomic E-state index is 0.0945. The number of hydrogen-bond donors (Lipinski definition) is 1. The van der Waals surface area contributed by atoms with Gasteiger partial charge in [-0.3, -0.25) is 0 Å². The fourth-order valence-electron chi connectivity index (χ4n) is 1.42. The zero-order valence-electron chi connectivity index (χ0n) is 9.20. The predicted octanol–water partition coefficient (Wildman–Crippen LogP) is 4.97. The molecule has 1 aromatic carbocycles. The Hall–Kier alpha value is -1.14. The smallest absolute Gasteiger partial charge is 0.379 e. The summed E-state index contributed by atoms with van der Waals surface area (Å²) in [5, 5.41) is 4.97. The standard InChI is InChI=1S/C12H10F3NS2/c13-12(14,15)18-11-6-2-1-5-10(11)16-8-9-4-3-7-17-9/h1-7,16H,8H2. The summed E-state index contributed by atoms with van der Waals surface area (Å²) in [6.45, 7) is 0.535. The van der Waals surface area contributed by atoms with Gasteiger partial charge in [-0.1, -0.05) is 18.2 Å². The lowest BCUT2D eigenvalue weighted by molar-refractivity contribution is -0.0327. The molecule has 1 nitrogen and oxygen atoms in total. The molecule has 0 atom stereocenters. The second kappa shape index (κ2) is 5.67. The fraction of sp³-hybridized carbons (Fsp3) is 0.167. The van der Waals surface area contributed by atoms with Gasteiger partial charge in [-0.2, -0.15) is 13.2 Å². The van der Waals surface area contributed by atoms with E-state index in [0.717, 1.165) is 4.88 Å². The highest BCUT2D eigenvalue weighted by Gasteiger charge is 2.30. The third kappa shape index (κ3) is 3.96. The lowest BCUT2D eigenvalue weighted by Crippen LogP contribution is -2.03. The molecule has 0 amide bonds. The first-order valence-corrected chi connectivity index (χ1v) is 6.85. The van der Waals surface area contributed by atoms with Gasteiger partial charge >= 0.3 is 5.51 Å². The summed E-state index contributed by atoms with van der Waals surface area (Å²) in [5.41, 5.74) is -3.76. The van der Waals surface area contributed by atoms with Gasteiger partial charge in [0.05, 0.1) is 0 Å². The predicted molar refractivity (Wildman–Crippen MR) is 70.0 cm³/mol. The molecule has 18 heavy (non-hydrogen) atoms. The maximum Gasteiger partial charge on any atom is 0.446 e. The van der Waals surface area contributed by atoms with E-state index in [1.54, 1.807) is 29.5 Å². The number of para-hydroxylation sites is 1. The first-order chi connectivity index (χ1) is 8.54. The number of halogens is 3. The van der Waals surface area contributed by atoms with E-state index in [0.29, 0.717) is 12.2 Å². The monoisotopic (exact) mass is 289 g/mol. The van der Waals surface area contributed by atoms with E-state index in [9.17, 15) is 13.2 Å². The third-order valence-electron chi connectivity index (χ3n) is 2.15. The van der Waals surface area contributed by atoms with Crippen LogP contribution in [0.25, 0.3) is 0 Å². The number of nitrogens with one attached hydrogen (secondary N) is 1. The Labute approximate surface area is 111 Å². The summed E-state index contributed by atoms with van der Waals surface area (Å²) in [7, 11) is 0. The van der Waals surface area contributed by atoms with Crippen LogP contribution in [0.1, 0.15) is 4.88 Å². The number of thioether (sulfide) groups is 1. The van der Waals surface area contributed by atoms with Crippen molar-refractivity contribution >= 4 is 28.8 Å². The largest absolute Gasteiger partial charge is 0.446 e. The van der Waals surface area contributed by atoms with Gasteiger partial charge in [0.15, 0.2) is 0 Å². The molecule has 2 rings (SSSR count). The van der Waals surface area contributed by atoms with E-state index in [2.05, 4.69) is 5.32 Å². The van der Waals surface area contributed by atoms with Gasteiger partial charge < -0.3 is 5.32 Å². The number of anilines is 1. The summed E-state index contributed by atoms with van der Waals surface area (Å²) in [6.07, 6.45) is 0. The SMILES string of the molecule is FC(F)(F)Sc1ccccc1NCc1cccs1. The van der Waals surface area contributed by atoms with Crippen LogP contribution in [0.4, 0.5) is 18.9 Å². The van der Waals surface area contributed by atoms with Gasteiger partial charge in [-0.05, 0) is 35.3 Å². The molecule has 0 unspecified atom stereocenters. The van der Waals surface area contributed by atoms with Crippen molar-refractivity contribution in [2.45, 2.75) is 16.9 Å². The molecule has 1 heterocycles. The van der Waals surface area contributed by atoms with Gasteiger partial charge in [0.25, 0.3) is 0 Å². The molecular weight excluding hydrogens is 279 g/mol. The molecule has 0 aliphatic heterocycles. The van der Waals surface area contributed by atoms with Gasteiger partial charge in [0, 0.05) is 22.0 Å². The summed E-state index contributed by atoms with van der Waals surface area (Å²) < 4.78 is 37.1. The molecule has 2 aromatic rings. The Balaban J connectivity index is 2.07. The van der Waals surface area contributed by atoms with Crippen LogP contribution in [0.5, 0.6) is 0 Å². The Morgan fingerprint density at radius 3 is 2.56 bits per heavy atom. The molecule has 0 radical (unpaired) electrons. The molecule has 0 saturated heterocycles. The van der Waals surface area contributed by atoms with Crippen molar-refractivity contribution < 1.29 is 13.2 Å². The number of alkyl halides is 3. The summed E-state index contributed by atoms with van der Waals surface area (Å²) in [5.74, 6) is 0. The van der Waals surface area contributed by atoms with E-state index in [4.69, 9.17) is 0 Å². The first-order valence-electron chi connectivity index (χ1n) is 5.15. The van der Waals surface area contributed by atoms with E-state index < -0.39 is 5.51 Å². The molecule has 6 heteroatoms. The van der Waals surface area contributed by atoms with Gasteiger partial charge in [-0.15, -0.1) is 11.3 Å². The molecule has 96 valence electrons. The van der Waals surface area contributed by atoms with E-state index >= 15 is 0 Å². The van der Waals surface area contributed by atoms with Crippen LogP contribution in [0.15, 0.2) is 46.7 Å². The second-order valence-corrected chi connectivity index (χ2v) is 5.62. The van der Waals surface area contributed by atoms with Crippen LogP contribution >= 0.6 is 23.1 Å². The van der Waals surface area contributed by atoms with Crippen molar-refractivity contribution in [1.29, 1.82) is 0 Å². The Kier molecular flexibility index (Phi) is 4.19. The molecular formula is C12H10F3NS2. The quantitative estimate of drug-likeness (QED) is 0.797. The molecule has 0 fully saturated rings. The normalized spacial score (nSPS) is 11.5. The molecule has 0 bridgehead atoms. The topological polar surface area (TPSA) is 12.0 Å². The minimum Gasteiger partial charge on any atom is -0.379 e. The van der Waals surface area contributed by atoms with E-state index in [-0.39, 0.29) is 16.7 Å². The summed E-state index contributed by atoms with van der Waals surface area (Å²) in [6, 6.07) is 10.3. The highest BCUT2D eigenvalue weighted by molar-refractivity contribution is 8.00. The highest BCUT2D eigenvalue weighted by Crippen LogP contribution is 2.40. The maximum absolute atomic E-state index is 12.4. The van der Waals surface area contributed by atoms with Crippen molar-refractivity contribution in [2.24, 2.45) is 0 Å². The fourth-order valence-corrected chi connectivity index (χ4v) is 2.71. The number of benzene rings is 1. The Morgan fingerprint density at radius 1 is 1.11 bits per heavy atom. The molecule has 0 spiro atoms. The molecule has 0 aliphatic carbocycles. The van der Waals surface area contributed by atoms with Crippen LogP contribution in [-0.4, -0.2) is 5.51 Å². The number of rotatable bonds is 4. The minimum atomic E-state index is -4.26. The van der Waals surface area contributed by atoms with Crippen LogP contribution in [0.3, 0.4) is 0 Å². The van der Waals surface area contributed by atoms with Crippen LogP contribution < -0.4 is 5.32 Å². The average Bonchev–Trinajstić information content (AvgIpc) is 2.79. The number of hydrogen-bond acceptors (Lipinski definition) is 3. The van der Waals surface area contributed by atoms with Gasteiger partial charge in [0.2, 0.25) is 0 Å². The zero-order valence-corrected chi connectivity index (χ0v) is 10.8. The van der Waals surface area contributed by atoms with Crippen molar-refractivity contribution in [3.8, 4) is 0 Å². The van der Waals surface area contributed by atoms with Crippen LogP contribution in [-0.2, 0) is 6.54 Å². The second-order valence-electron chi connectivity index (χ2n) is 3.48. The van der Waals surface area contributed by atoms with Crippen molar-refractivity contribution in [3.05, 3.63) is 46.7 Å². The van der Waals surface area contributed by atoms with Crippen molar-refractivity contribution in [2.75, 3.05) is 5.32 Å². The first kappa shape index (κ1) is 13.3. The van der Waals surface area contributed by atoms with Crippen molar-refractivity contribution in [1.82, 2.24) is 0 Å². The molecule has 1 N–H and O–H groups in total. The summed E-state index contributed by atoms with van der Waals surface area (Å²) >= 11 is 1.48. The average molecular weight is 289 g/mol. The van der Waals surface area contributed by atoms with Crippen LogP contribution in [0, 0.1) is 0 Å². The molecule has 1 aromatic heterocycles. The maximum atomic E-state index is 12.4. The van der Waals surface area contributed by atoms with Gasteiger partial charge in [0.1, 0.15) is 0 Å². The highest BCUT2D eigenvalue weighted by atomic mass is 32.2.